The van der Waals surface area contributed by atoms with Crippen molar-refractivity contribution in [3.8, 4) is 16.9 Å². The number of alkyl halides is 3. The zero-order valence-electron chi connectivity index (χ0n) is 25.5. The largest absolute Gasteiger partial charge is 0.487 e. The molecule has 1 unspecified atom stereocenters. The van der Waals surface area contributed by atoms with Crippen molar-refractivity contribution in [3.63, 3.8) is 0 Å². The van der Waals surface area contributed by atoms with E-state index in [-0.39, 0.29) is 5.92 Å². The summed E-state index contributed by atoms with van der Waals surface area (Å²) in [6.45, 7) is 0.752. The highest BCUT2D eigenvalue weighted by molar-refractivity contribution is 5.79. The summed E-state index contributed by atoms with van der Waals surface area (Å²) < 4.78 is 47.3. The number of imidazole rings is 1. The van der Waals surface area contributed by atoms with Gasteiger partial charge in [0, 0.05) is 23.9 Å². The number of para-hydroxylation sites is 1. The molecule has 0 aliphatic heterocycles. The lowest BCUT2D eigenvalue weighted by Crippen LogP contribution is -2.27. The van der Waals surface area contributed by atoms with E-state index in [4.69, 9.17) is 14.7 Å². The highest BCUT2D eigenvalue weighted by Crippen LogP contribution is 2.40. The highest BCUT2D eigenvalue weighted by Gasteiger charge is 2.35. The minimum atomic E-state index is -4.38. The second-order valence-electron chi connectivity index (χ2n) is 12.1. The van der Waals surface area contributed by atoms with Crippen molar-refractivity contribution in [2.24, 2.45) is 5.92 Å². The van der Waals surface area contributed by atoms with Crippen molar-refractivity contribution in [1.29, 1.82) is 0 Å². The van der Waals surface area contributed by atoms with Crippen LogP contribution >= 0.6 is 0 Å². The van der Waals surface area contributed by atoms with E-state index in [1.165, 1.54) is 12.1 Å². The van der Waals surface area contributed by atoms with Crippen LogP contribution in [0.3, 0.4) is 0 Å². The molecule has 6 nitrogen and oxygen atoms in total. The van der Waals surface area contributed by atoms with Crippen LogP contribution in [0.15, 0.2) is 103 Å². The van der Waals surface area contributed by atoms with Gasteiger partial charge in [-0.15, -0.1) is 0 Å². The summed E-state index contributed by atoms with van der Waals surface area (Å²) >= 11 is 0. The number of aromatic nitrogens is 3. The molecule has 2 atom stereocenters. The van der Waals surface area contributed by atoms with Crippen molar-refractivity contribution in [2.45, 2.75) is 50.9 Å². The van der Waals surface area contributed by atoms with Gasteiger partial charge in [0.15, 0.2) is 0 Å². The first kappa shape index (κ1) is 30.5. The van der Waals surface area contributed by atoms with E-state index in [2.05, 4.69) is 4.57 Å². The first-order valence-corrected chi connectivity index (χ1v) is 15.7. The second kappa shape index (κ2) is 12.5. The fraction of sp³-hybridized carbons (Fsp3) is 0.237. The van der Waals surface area contributed by atoms with Gasteiger partial charge in [0.25, 0.3) is 0 Å². The van der Waals surface area contributed by atoms with Gasteiger partial charge in [-0.3, -0.25) is 4.79 Å². The number of hydrogen-bond donors (Lipinski definition) is 1. The van der Waals surface area contributed by atoms with Gasteiger partial charge in [-0.25, -0.2) is 9.97 Å². The molecule has 0 amide bonds. The van der Waals surface area contributed by atoms with Gasteiger partial charge in [-0.2, -0.15) is 13.2 Å². The Bertz CT molecular complexity index is 2050. The minimum Gasteiger partial charge on any atom is -0.487 e. The van der Waals surface area contributed by atoms with E-state index < -0.39 is 23.6 Å². The van der Waals surface area contributed by atoms with Gasteiger partial charge in [-0.1, -0.05) is 73.5 Å². The number of halogens is 3. The predicted octanol–water partition coefficient (Wildman–Crippen LogP) is 9.26. The Morgan fingerprint density at radius 1 is 0.830 bits per heavy atom. The lowest BCUT2D eigenvalue weighted by molar-refractivity contribution is -0.143. The Kier molecular flexibility index (Phi) is 8.14. The molecular weight excluding hydrogens is 603 g/mol. The van der Waals surface area contributed by atoms with Crippen molar-refractivity contribution in [1.82, 2.24) is 14.5 Å². The van der Waals surface area contributed by atoms with Crippen LogP contribution < -0.4 is 4.74 Å². The van der Waals surface area contributed by atoms with E-state index in [1.807, 2.05) is 78.9 Å². The van der Waals surface area contributed by atoms with E-state index in [1.54, 1.807) is 0 Å². The zero-order valence-corrected chi connectivity index (χ0v) is 25.5. The molecule has 1 fully saturated rings. The molecule has 7 rings (SSSR count). The molecule has 0 radical (unpaired) electrons. The van der Waals surface area contributed by atoms with Crippen LogP contribution in [0.2, 0.25) is 0 Å². The van der Waals surface area contributed by atoms with E-state index in [9.17, 15) is 23.1 Å². The molecule has 2 aromatic heterocycles. The molecular formula is C38H32F3N3O3. The summed E-state index contributed by atoms with van der Waals surface area (Å²) in [5, 5.41) is 11.2. The third-order valence-corrected chi connectivity index (χ3v) is 9.05. The maximum atomic E-state index is 13.0. The summed E-state index contributed by atoms with van der Waals surface area (Å²) in [5.41, 5.74) is 5.08. The zero-order chi connectivity index (χ0) is 32.5. The molecule has 2 heterocycles. The number of pyridine rings is 1. The third-order valence-electron chi connectivity index (χ3n) is 9.05. The maximum absolute atomic E-state index is 13.0. The van der Waals surface area contributed by atoms with Crippen LogP contribution in [-0.4, -0.2) is 25.6 Å². The number of nitrogens with zero attached hydrogens (tertiary/aromatic N) is 3. The first-order chi connectivity index (χ1) is 22.7. The van der Waals surface area contributed by atoms with Crippen molar-refractivity contribution in [3.05, 3.63) is 126 Å². The van der Waals surface area contributed by atoms with Crippen LogP contribution in [0.5, 0.6) is 5.75 Å². The fourth-order valence-electron chi connectivity index (χ4n) is 6.59. The Morgan fingerprint density at radius 2 is 1.55 bits per heavy atom. The lowest BCUT2D eigenvalue weighted by atomic mass is 9.78. The van der Waals surface area contributed by atoms with Crippen LogP contribution in [-0.2, 0) is 24.1 Å². The summed E-state index contributed by atoms with van der Waals surface area (Å²) in [5.74, 6) is -0.168. The quantitative estimate of drug-likeness (QED) is 0.180. The fourth-order valence-corrected chi connectivity index (χ4v) is 6.59. The Balaban J connectivity index is 1.18. The Hall–Kier alpha value is -5.18. The lowest BCUT2D eigenvalue weighted by Gasteiger charge is -2.28. The molecule has 1 N–H and O–H groups in total. The maximum Gasteiger partial charge on any atom is 0.416 e. The summed E-state index contributed by atoms with van der Waals surface area (Å²) in [4.78, 5) is 22.0. The average Bonchev–Trinajstić information content (AvgIpc) is 3.44. The number of carbonyl (C=O) groups is 1. The average molecular weight is 636 g/mol. The van der Waals surface area contributed by atoms with Crippen molar-refractivity contribution >= 4 is 27.9 Å². The summed E-state index contributed by atoms with van der Waals surface area (Å²) in [6.07, 6.45) is -1.22. The Labute approximate surface area is 269 Å². The number of carboxylic acid groups (broad SMARTS) is 1. The molecule has 6 aromatic rings. The molecule has 9 heteroatoms. The van der Waals surface area contributed by atoms with Gasteiger partial charge in [0.1, 0.15) is 18.2 Å². The van der Waals surface area contributed by atoms with Crippen LogP contribution in [0.25, 0.3) is 33.1 Å². The summed E-state index contributed by atoms with van der Waals surface area (Å²) in [7, 11) is 0. The highest BCUT2D eigenvalue weighted by atomic mass is 19.4. The molecule has 47 heavy (non-hydrogen) atoms. The molecule has 0 bridgehead atoms. The first-order valence-electron chi connectivity index (χ1n) is 15.7. The van der Waals surface area contributed by atoms with E-state index in [0.29, 0.717) is 30.9 Å². The monoisotopic (exact) mass is 635 g/mol. The van der Waals surface area contributed by atoms with Crippen LogP contribution in [0, 0.1) is 5.92 Å². The number of fused-ring (bicyclic) bond motifs is 2. The number of benzene rings is 4. The SMILES string of the molecule is O=C(O)C1CCCC[C@H]1c1nc2cc(OCc3ccc4ccccc4n3)ccc2n1Cc1ccc(-c2ccc(C(F)(F)F)cc2)cc1. The van der Waals surface area contributed by atoms with E-state index in [0.717, 1.165) is 76.0 Å². The number of aliphatic carboxylic acids is 1. The van der Waals surface area contributed by atoms with Gasteiger partial charge >= 0.3 is 12.1 Å². The standard InChI is InChI=1S/C38H32F3N3O3/c39-38(40,41)28-16-13-26(14-17-28)25-11-9-24(10-12-25)22-44-35-20-19-30(47-23-29-18-15-27-5-1-4-8-33(27)42-29)21-34(35)43-36(44)31-6-2-3-7-32(31)37(45)46/h1,4-5,8-21,31-32H,2-3,6-7,22-23H2,(H,45,46)/t31-,32?/m1/s1. The predicted molar refractivity (Wildman–Crippen MR) is 174 cm³/mol. The molecule has 0 saturated heterocycles. The Morgan fingerprint density at radius 3 is 2.30 bits per heavy atom. The molecule has 4 aromatic carbocycles. The topological polar surface area (TPSA) is 77.2 Å². The van der Waals surface area contributed by atoms with Crippen LogP contribution in [0.1, 0.15) is 54.2 Å². The van der Waals surface area contributed by atoms with Gasteiger partial charge < -0.3 is 14.4 Å². The minimum absolute atomic E-state index is 0.230. The molecule has 238 valence electrons. The van der Waals surface area contributed by atoms with Gasteiger partial charge in [0.05, 0.1) is 33.7 Å². The molecule has 1 aliphatic rings. The molecule has 1 aliphatic carbocycles. The van der Waals surface area contributed by atoms with Crippen LogP contribution in [0.4, 0.5) is 13.2 Å². The molecule has 0 spiro atoms. The number of carboxylic acids is 1. The molecule has 1 saturated carbocycles. The van der Waals surface area contributed by atoms with E-state index >= 15 is 0 Å². The number of rotatable bonds is 8. The van der Waals surface area contributed by atoms with Crippen molar-refractivity contribution < 1.29 is 27.8 Å². The van der Waals surface area contributed by atoms with Gasteiger partial charge in [0.2, 0.25) is 0 Å². The van der Waals surface area contributed by atoms with Gasteiger partial charge in [-0.05, 0) is 65.9 Å². The smallest absolute Gasteiger partial charge is 0.416 e. The second-order valence-corrected chi connectivity index (χ2v) is 12.1. The number of hydrogen-bond acceptors (Lipinski definition) is 4. The normalized spacial score (nSPS) is 16.8. The number of ether oxygens (including phenoxy) is 1. The summed E-state index contributed by atoms with van der Waals surface area (Å²) in [6, 6.07) is 30.5. The van der Waals surface area contributed by atoms with Crippen molar-refractivity contribution in [2.75, 3.05) is 0 Å². The third kappa shape index (κ3) is 6.43.